The molecule has 3 aromatic carbocycles. The lowest BCUT2D eigenvalue weighted by molar-refractivity contribution is 0.00145. The van der Waals surface area contributed by atoms with Gasteiger partial charge in [-0.1, -0.05) is 60.7 Å². The molecule has 53 heavy (non-hydrogen) atoms. The Hall–Kier alpha value is -5.16. The summed E-state index contributed by atoms with van der Waals surface area (Å²) in [4.78, 5) is 23.5. The molecular formula is C42H49FN6O4. The number of carbonyl (C=O) groups is 1. The molecule has 0 unspecified atom stereocenters. The Morgan fingerprint density at radius 1 is 0.849 bits per heavy atom. The van der Waals surface area contributed by atoms with Crippen LogP contribution in [-0.4, -0.2) is 88.2 Å². The monoisotopic (exact) mass is 720 g/mol. The fourth-order valence-electron chi connectivity index (χ4n) is 7.06. The van der Waals surface area contributed by atoms with Gasteiger partial charge in [0.15, 0.2) is 0 Å². The normalized spacial score (nSPS) is 18.3. The first-order chi connectivity index (χ1) is 25.6. The van der Waals surface area contributed by atoms with E-state index in [1.54, 1.807) is 0 Å². The molecule has 0 aliphatic carbocycles. The third-order valence-electron chi connectivity index (χ3n) is 9.93. The molecule has 2 aromatic heterocycles. The molecule has 2 atom stereocenters. The average Bonchev–Trinajstić information content (AvgIpc) is 3.49. The van der Waals surface area contributed by atoms with Crippen LogP contribution in [0.3, 0.4) is 0 Å². The van der Waals surface area contributed by atoms with E-state index >= 15 is 4.39 Å². The number of pyridine rings is 1. The van der Waals surface area contributed by atoms with Gasteiger partial charge in [-0.2, -0.15) is 10.1 Å². The maximum absolute atomic E-state index is 15.3. The van der Waals surface area contributed by atoms with Crippen molar-refractivity contribution in [3.8, 4) is 23.0 Å². The van der Waals surface area contributed by atoms with E-state index in [1.165, 1.54) is 4.90 Å². The number of fused-ring (bicyclic) bond motifs is 1. The number of aryl methyl sites for hydroxylation is 1. The van der Waals surface area contributed by atoms with Gasteiger partial charge in [-0.15, -0.1) is 0 Å². The number of aromatic nitrogens is 3. The molecule has 2 fully saturated rings. The number of hydrogen-bond donors (Lipinski definition) is 0. The number of rotatable bonds is 10. The van der Waals surface area contributed by atoms with Crippen molar-refractivity contribution in [2.24, 2.45) is 13.0 Å². The second-order valence-electron chi connectivity index (χ2n) is 15.0. The molecule has 0 bridgehead atoms. The van der Waals surface area contributed by atoms with Crippen LogP contribution in [0.2, 0.25) is 0 Å². The first-order valence-corrected chi connectivity index (χ1v) is 18.5. The summed E-state index contributed by atoms with van der Waals surface area (Å²) in [6, 6.07) is 30.4. The predicted molar refractivity (Wildman–Crippen MR) is 205 cm³/mol. The largest absolute Gasteiger partial charge is 0.473 e. The van der Waals surface area contributed by atoms with Crippen LogP contribution in [0.25, 0.3) is 22.2 Å². The van der Waals surface area contributed by atoms with Gasteiger partial charge in [0.05, 0.1) is 17.6 Å². The number of benzene rings is 3. The van der Waals surface area contributed by atoms with Crippen molar-refractivity contribution in [1.82, 2.24) is 24.6 Å². The highest BCUT2D eigenvalue weighted by Crippen LogP contribution is 2.37. The third-order valence-corrected chi connectivity index (χ3v) is 9.93. The maximum Gasteiger partial charge on any atom is 0.410 e. The van der Waals surface area contributed by atoms with E-state index in [0.717, 1.165) is 65.2 Å². The van der Waals surface area contributed by atoms with E-state index < -0.39 is 17.9 Å². The molecule has 2 saturated heterocycles. The Kier molecular flexibility index (Phi) is 10.8. The van der Waals surface area contributed by atoms with Crippen molar-refractivity contribution in [3.63, 3.8) is 0 Å². The van der Waals surface area contributed by atoms with Crippen LogP contribution in [0.5, 0.6) is 11.8 Å². The summed E-state index contributed by atoms with van der Waals surface area (Å²) in [5.41, 5.74) is 5.24. The van der Waals surface area contributed by atoms with Crippen LogP contribution < -0.4 is 14.4 Å². The molecule has 2 aliphatic heterocycles. The number of anilines is 1. The van der Waals surface area contributed by atoms with Gasteiger partial charge in [0.2, 0.25) is 11.8 Å². The third kappa shape index (κ3) is 8.90. The van der Waals surface area contributed by atoms with E-state index in [1.807, 2.05) is 105 Å². The number of hydrogen-bond acceptors (Lipinski definition) is 8. The molecule has 10 nitrogen and oxygen atoms in total. The molecule has 2 aliphatic rings. The summed E-state index contributed by atoms with van der Waals surface area (Å²) in [5.74, 6) is 0.853. The number of carbonyl (C=O) groups excluding carboxylic acids is 1. The molecule has 4 heterocycles. The van der Waals surface area contributed by atoms with E-state index in [2.05, 4.69) is 28.0 Å². The standard InChI is InChI=1S/C42H49FN6O4/c1-42(2,3)53-41(50)49-20-19-32(36(43)27-49)26-47-21-23-48(24-22-47)33-15-16-34-37(25-33)46(4)45-39(34)35-17-18-38(51-28-30-11-7-5-8-12-30)44-40(35)52-29-31-13-9-6-10-14-31/h5-18,25,32,36H,19-24,26-29H2,1-4H3/t32-,36-/m1/s1. The van der Waals surface area contributed by atoms with E-state index in [-0.39, 0.29) is 12.5 Å². The Balaban J connectivity index is 1.02. The zero-order chi connectivity index (χ0) is 37.0. The van der Waals surface area contributed by atoms with E-state index in [9.17, 15) is 4.79 Å². The number of nitrogens with zero attached hydrogens (tertiary/aromatic N) is 6. The number of alkyl halides is 1. The number of piperazine rings is 1. The van der Waals surface area contributed by atoms with Crippen molar-refractivity contribution in [2.75, 3.05) is 50.7 Å². The lowest BCUT2D eigenvalue weighted by Gasteiger charge is -2.40. The Morgan fingerprint density at radius 3 is 2.19 bits per heavy atom. The minimum absolute atomic E-state index is 0.0924. The lowest BCUT2D eigenvalue weighted by Crippen LogP contribution is -2.52. The predicted octanol–water partition coefficient (Wildman–Crippen LogP) is 7.51. The highest BCUT2D eigenvalue weighted by atomic mass is 19.1. The summed E-state index contributed by atoms with van der Waals surface area (Å²) < 4.78 is 35.0. The number of halogens is 1. The van der Waals surface area contributed by atoms with Gasteiger partial charge in [0, 0.05) is 69.4 Å². The minimum Gasteiger partial charge on any atom is -0.473 e. The zero-order valence-electron chi connectivity index (χ0n) is 31.1. The summed E-state index contributed by atoms with van der Waals surface area (Å²) >= 11 is 0. The van der Waals surface area contributed by atoms with Crippen LogP contribution in [-0.2, 0) is 25.0 Å². The summed E-state index contributed by atoms with van der Waals surface area (Å²) in [5, 5.41) is 5.97. The highest BCUT2D eigenvalue weighted by Gasteiger charge is 2.35. The van der Waals surface area contributed by atoms with Gasteiger partial charge in [-0.25, -0.2) is 9.18 Å². The Morgan fingerprint density at radius 2 is 1.53 bits per heavy atom. The zero-order valence-corrected chi connectivity index (χ0v) is 31.1. The summed E-state index contributed by atoms with van der Waals surface area (Å²) in [6.45, 7) is 10.9. The second-order valence-corrected chi connectivity index (χ2v) is 15.0. The highest BCUT2D eigenvalue weighted by molar-refractivity contribution is 5.96. The molecule has 0 N–H and O–H groups in total. The van der Waals surface area contributed by atoms with Crippen molar-refractivity contribution >= 4 is 22.7 Å². The van der Waals surface area contributed by atoms with Gasteiger partial charge >= 0.3 is 6.09 Å². The Labute approximate surface area is 311 Å². The first kappa shape index (κ1) is 36.2. The number of ether oxygens (including phenoxy) is 3. The second kappa shape index (κ2) is 15.8. The van der Waals surface area contributed by atoms with Crippen molar-refractivity contribution in [2.45, 2.75) is 52.2 Å². The topological polar surface area (TPSA) is 85.2 Å². The van der Waals surface area contributed by atoms with Crippen LogP contribution in [0.15, 0.2) is 91.0 Å². The van der Waals surface area contributed by atoms with Crippen molar-refractivity contribution in [3.05, 3.63) is 102 Å². The quantitative estimate of drug-likeness (QED) is 0.147. The SMILES string of the molecule is Cn1nc(-c2ccc(OCc3ccccc3)nc2OCc2ccccc2)c2ccc(N3CCN(C[C@H]4CCN(C(=O)OC(C)(C)C)C[C@H]4F)CC3)cc21. The van der Waals surface area contributed by atoms with Crippen LogP contribution in [0, 0.1) is 5.92 Å². The lowest BCUT2D eigenvalue weighted by atomic mass is 9.94. The fourth-order valence-corrected chi connectivity index (χ4v) is 7.06. The Bertz CT molecular complexity index is 1990. The molecule has 278 valence electrons. The van der Waals surface area contributed by atoms with Gasteiger partial charge in [0.25, 0.3) is 0 Å². The molecule has 1 amide bonds. The summed E-state index contributed by atoms with van der Waals surface area (Å²) in [7, 11) is 1.96. The van der Waals surface area contributed by atoms with Crippen molar-refractivity contribution < 1.29 is 23.4 Å². The van der Waals surface area contributed by atoms with Gasteiger partial charge in [-0.3, -0.25) is 9.58 Å². The molecule has 5 aromatic rings. The maximum atomic E-state index is 15.3. The number of likely N-dealkylation sites (tertiary alicyclic amines) is 1. The average molecular weight is 721 g/mol. The summed E-state index contributed by atoms with van der Waals surface area (Å²) in [6.07, 6.45) is -0.855. The molecule has 0 spiro atoms. The number of piperidine rings is 1. The smallest absolute Gasteiger partial charge is 0.410 e. The molecule has 7 rings (SSSR count). The van der Waals surface area contributed by atoms with Crippen LogP contribution >= 0.6 is 0 Å². The minimum atomic E-state index is -1.06. The molecule has 0 saturated carbocycles. The van der Waals surface area contributed by atoms with Gasteiger partial charge in [0.1, 0.15) is 30.7 Å². The van der Waals surface area contributed by atoms with Gasteiger partial charge in [-0.05, 0) is 62.6 Å². The number of amides is 1. The molecule has 11 heteroatoms. The van der Waals surface area contributed by atoms with Crippen molar-refractivity contribution in [1.29, 1.82) is 0 Å². The van der Waals surface area contributed by atoms with Crippen LogP contribution in [0.4, 0.5) is 14.9 Å². The first-order valence-electron chi connectivity index (χ1n) is 18.5. The molecular weight excluding hydrogens is 671 g/mol. The van der Waals surface area contributed by atoms with Crippen LogP contribution in [0.1, 0.15) is 38.3 Å². The molecule has 0 radical (unpaired) electrons. The van der Waals surface area contributed by atoms with Gasteiger partial charge < -0.3 is 24.0 Å². The van der Waals surface area contributed by atoms with E-state index in [0.29, 0.717) is 44.5 Å². The fraction of sp³-hybridized carbons (Fsp3) is 0.405. The van der Waals surface area contributed by atoms with E-state index in [4.69, 9.17) is 24.3 Å².